The zero-order chi connectivity index (χ0) is 27.4. The molecule has 0 bridgehead atoms. The Morgan fingerprint density at radius 2 is 1.75 bits per heavy atom. The van der Waals surface area contributed by atoms with Crippen molar-refractivity contribution in [1.82, 2.24) is 29.8 Å². The van der Waals surface area contributed by atoms with Crippen molar-refractivity contribution < 1.29 is 9.53 Å². The Morgan fingerprint density at radius 1 is 0.950 bits per heavy atom. The first kappa shape index (κ1) is 26.3. The van der Waals surface area contributed by atoms with Crippen LogP contribution < -0.4 is 10.1 Å². The van der Waals surface area contributed by atoms with Gasteiger partial charge in [0.2, 0.25) is 0 Å². The zero-order valence-electron chi connectivity index (χ0n) is 22.2. The highest BCUT2D eigenvalue weighted by Gasteiger charge is 2.39. The van der Waals surface area contributed by atoms with Crippen molar-refractivity contribution >= 4 is 23.3 Å². The molecule has 0 unspecified atom stereocenters. The number of aromatic nitrogens is 4. The first-order chi connectivity index (χ1) is 19.5. The van der Waals surface area contributed by atoms with Crippen molar-refractivity contribution in [3.05, 3.63) is 89.8 Å². The van der Waals surface area contributed by atoms with Crippen molar-refractivity contribution in [3.63, 3.8) is 0 Å². The molecule has 2 aliphatic heterocycles. The first-order valence-electron chi connectivity index (χ1n) is 13.7. The number of anilines is 1. The minimum Gasteiger partial charge on any atom is -0.457 e. The van der Waals surface area contributed by atoms with Gasteiger partial charge in [-0.3, -0.25) is 4.90 Å². The maximum Gasteiger partial charge on any atom is 0.321 e. The van der Waals surface area contributed by atoms with Crippen LogP contribution in [0, 0.1) is 5.41 Å². The standard InChI is InChI=1S/C30H32ClN7O2/c31-24-5-8-26(9-6-24)40-27-4-1-3-23(19-27)21-36-16-2-11-30(22-36)12-17-37(18-13-30)29(39)35-25-7-10-28(32-20-25)38-33-14-15-34-38/h1,3-10,14-15,19-20H,2,11-13,16-18,21-22H2,(H,35,39). The maximum absolute atomic E-state index is 13.0. The molecule has 2 aromatic heterocycles. The Kier molecular flexibility index (Phi) is 7.66. The van der Waals surface area contributed by atoms with E-state index in [2.05, 4.69) is 43.6 Å². The van der Waals surface area contributed by atoms with E-state index in [4.69, 9.17) is 16.3 Å². The van der Waals surface area contributed by atoms with E-state index in [0.717, 1.165) is 57.1 Å². The van der Waals surface area contributed by atoms with Crippen LogP contribution in [0.2, 0.25) is 5.02 Å². The van der Waals surface area contributed by atoms with Gasteiger partial charge < -0.3 is 15.0 Å². The number of pyridine rings is 1. The highest BCUT2D eigenvalue weighted by molar-refractivity contribution is 6.30. The van der Waals surface area contributed by atoms with Gasteiger partial charge >= 0.3 is 6.03 Å². The number of nitrogens with zero attached hydrogens (tertiary/aromatic N) is 6. The molecule has 2 aromatic carbocycles. The molecule has 0 radical (unpaired) electrons. The molecule has 2 fully saturated rings. The summed E-state index contributed by atoms with van der Waals surface area (Å²) in [5.74, 6) is 2.20. The van der Waals surface area contributed by atoms with E-state index < -0.39 is 0 Å². The number of ether oxygens (including phenoxy) is 1. The number of piperidine rings is 2. The van der Waals surface area contributed by atoms with Gasteiger partial charge in [-0.05, 0) is 91.7 Å². The predicted molar refractivity (Wildman–Crippen MR) is 154 cm³/mol. The molecule has 6 rings (SSSR count). The van der Waals surface area contributed by atoms with Crippen LogP contribution in [0.15, 0.2) is 79.3 Å². The molecule has 4 aromatic rings. The average molecular weight is 558 g/mol. The fourth-order valence-electron chi connectivity index (χ4n) is 5.76. The first-order valence-corrected chi connectivity index (χ1v) is 14.0. The highest BCUT2D eigenvalue weighted by Crippen LogP contribution is 2.40. The van der Waals surface area contributed by atoms with E-state index in [1.807, 2.05) is 41.3 Å². The molecule has 10 heteroatoms. The van der Waals surface area contributed by atoms with E-state index >= 15 is 0 Å². The van der Waals surface area contributed by atoms with Gasteiger partial charge in [-0.15, -0.1) is 4.80 Å². The van der Waals surface area contributed by atoms with E-state index in [-0.39, 0.29) is 11.4 Å². The molecule has 2 aliphatic rings. The largest absolute Gasteiger partial charge is 0.457 e. The predicted octanol–water partition coefficient (Wildman–Crippen LogP) is 6.02. The third-order valence-electron chi connectivity index (χ3n) is 7.83. The van der Waals surface area contributed by atoms with Crippen LogP contribution >= 0.6 is 11.6 Å². The monoisotopic (exact) mass is 557 g/mol. The summed E-state index contributed by atoms with van der Waals surface area (Å²) >= 11 is 6.00. The molecular formula is C30H32ClN7O2. The average Bonchev–Trinajstić information content (AvgIpc) is 3.51. The van der Waals surface area contributed by atoms with Crippen LogP contribution in [-0.2, 0) is 6.54 Å². The Bertz CT molecular complexity index is 1420. The summed E-state index contributed by atoms with van der Waals surface area (Å²) in [5, 5.41) is 11.8. The molecule has 206 valence electrons. The summed E-state index contributed by atoms with van der Waals surface area (Å²) in [6, 6.07) is 19.3. The van der Waals surface area contributed by atoms with E-state index in [0.29, 0.717) is 16.5 Å². The number of carbonyl (C=O) groups is 1. The lowest BCUT2D eigenvalue weighted by Gasteiger charge is -2.47. The van der Waals surface area contributed by atoms with Crippen molar-refractivity contribution in [1.29, 1.82) is 0 Å². The fraction of sp³-hybridized carbons (Fsp3) is 0.333. The van der Waals surface area contributed by atoms with Crippen LogP contribution in [0.1, 0.15) is 31.2 Å². The molecule has 0 saturated carbocycles. The van der Waals surface area contributed by atoms with E-state index in [1.165, 1.54) is 23.2 Å². The number of urea groups is 1. The fourth-order valence-corrected chi connectivity index (χ4v) is 5.88. The number of benzene rings is 2. The number of hydrogen-bond acceptors (Lipinski definition) is 6. The Labute approximate surface area is 238 Å². The SMILES string of the molecule is O=C(Nc1ccc(-n2nccn2)nc1)N1CCC2(CCCN(Cc3cccc(Oc4ccc(Cl)cc4)c3)C2)CC1. The lowest BCUT2D eigenvalue weighted by Crippen LogP contribution is -2.51. The number of rotatable bonds is 6. The van der Waals surface area contributed by atoms with Gasteiger partial charge in [0.25, 0.3) is 0 Å². The topological polar surface area (TPSA) is 88.4 Å². The van der Waals surface area contributed by atoms with E-state index in [9.17, 15) is 4.79 Å². The van der Waals surface area contributed by atoms with Crippen molar-refractivity contribution in [2.45, 2.75) is 32.2 Å². The second-order valence-corrected chi connectivity index (χ2v) is 11.1. The Balaban J connectivity index is 1.01. The molecule has 9 nitrogen and oxygen atoms in total. The van der Waals surface area contributed by atoms with Crippen LogP contribution in [-0.4, -0.2) is 62.0 Å². The molecule has 40 heavy (non-hydrogen) atoms. The molecule has 0 aliphatic carbocycles. The lowest BCUT2D eigenvalue weighted by molar-refractivity contribution is 0.0317. The van der Waals surface area contributed by atoms with Crippen LogP contribution in [0.4, 0.5) is 10.5 Å². The van der Waals surface area contributed by atoms with Gasteiger partial charge in [-0.1, -0.05) is 23.7 Å². The van der Waals surface area contributed by atoms with Gasteiger partial charge in [-0.2, -0.15) is 10.2 Å². The molecule has 1 N–H and O–H groups in total. The van der Waals surface area contributed by atoms with Gasteiger partial charge in [0, 0.05) is 31.2 Å². The van der Waals surface area contributed by atoms with E-state index in [1.54, 1.807) is 24.7 Å². The smallest absolute Gasteiger partial charge is 0.321 e. The summed E-state index contributed by atoms with van der Waals surface area (Å²) < 4.78 is 6.04. The maximum atomic E-state index is 13.0. The summed E-state index contributed by atoms with van der Waals surface area (Å²) in [5.41, 5.74) is 2.16. The molecule has 1 spiro atoms. The third kappa shape index (κ3) is 6.26. The van der Waals surface area contributed by atoms with Crippen LogP contribution in [0.3, 0.4) is 0 Å². The van der Waals surface area contributed by atoms with Crippen molar-refractivity contribution in [2.75, 3.05) is 31.5 Å². The zero-order valence-corrected chi connectivity index (χ0v) is 23.0. The molecule has 2 amide bonds. The quantitative estimate of drug-likeness (QED) is 0.312. The Morgan fingerprint density at radius 3 is 2.50 bits per heavy atom. The number of likely N-dealkylation sites (tertiary alicyclic amines) is 2. The number of carbonyl (C=O) groups excluding carboxylic acids is 1. The van der Waals surface area contributed by atoms with Crippen molar-refractivity contribution in [3.8, 4) is 17.3 Å². The second-order valence-electron chi connectivity index (χ2n) is 10.7. The molecule has 2 saturated heterocycles. The number of amides is 2. The molecular weight excluding hydrogens is 526 g/mol. The summed E-state index contributed by atoms with van der Waals surface area (Å²) in [7, 11) is 0. The number of hydrogen-bond donors (Lipinski definition) is 1. The molecule has 4 heterocycles. The highest BCUT2D eigenvalue weighted by atomic mass is 35.5. The number of halogens is 1. The normalized spacial score (nSPS) is 17.1. The van der Waals surface area contributed by atoms with Crippen LogP contribution in [0.25, 0.3) is 5.82 Å². The van der Waals surface area contributed by atoms with Gasteiger partial charge in [0.1, 0.15) is 11.5 Å². The lowest BCUT2D eigenvalue weighted by atomic mass is 9.72. The van der Waals surface area contributed by atoms with Crippen molar-refractivity contribution in [2.24, 2.45) is 5.41 Å². The summed E-state index contributed by atoms with van der Waals surface area (Å²) in [6.07, 6.45) is 9.25. The van der Waals surface area contributed by atoms with Gasteiger partial charge in [0.05, 0.1) is 24.3 Å². The third-order valence-corrected chi connectivity index (χ3v) is 8.08. The minimum atomic E-state index is -0.0771. The minimum absolute atomic E-state index is 0.0771. The van der Waals surface area contributed by atoms with Gasteiger partial charge in [0.15, 0.2) is 5.82 Å². The van der Waals surface area contributed by atoms with Crippen LogP contribution in [0.5, 0.6) is 11.5 Å². The summed E-state index contributed by atoms with van der Waals surface area (Å²) in [6.45, 7) is 4.54. The van der Waals surface area contributed by atoms with Gasteiger partial charge in [-0.25, -0.2) is 9.78 Å². The Hall–Kier alpha value is -3.95. The second kappa shape index (κ2) is 11.7. The summed E-state index contributed by atoms with van der Waals surface area (Å²) in [4.78, 5) is 23.2. The number of nitrogens with one attached hydrogen (secondary N) is 1. The molecule has 0 atom stereocenters.